The van der Waals surface area contributed by atoms with E-state index in [2.05, 4.69) is 36.7 Å². The number of fused-ring (bicyclic) bond motifs is 3. The molecule has 3 rings (SSSR count). The zero-order valence-corrected chi connectivity index (χ0v) is 10.9. The molecule has 3 heteroatoms. The van der Waals surface area contributed by atoms with Gasteiger partial charge in [-0.1, -0.05) is 0 Å². The van der Waals surface area contributed by atoms with E-state index in [9.17, 15) is 0 Å². The number of rotatable bonds is 2. The van der Waals surface area contributed by atoms with Gasteiger partial charge >= 0.3 is 0 Å². The molecule has 0 N–H and O–H groups in total. The summed E-state index contributed by atoms with van der Waals surface area (Å²) in [5.41, 5.74) is 4.52. The Hall–Kier alpha value is -2.03. The van der Waals surface area contributed by atoms with Crippen LogP contribution in [0.15, 0.2) is 30.5 Å². The molecule has 92 valence electrons. The average Bonchev–Trinajstić information content (AvgIpc) is 2.77. The molecule has 0 saturated carbocycles. The SMILES string of the molecule is CCn1ccc2c3ccc(OC)cc3nc-2c1C. The molecule has 2 aliphatic rings. The number of aryl methyl sites for hydroxylation is 1. The van der Waals surface area contributed by atoms with Gasteiger partial charge in [0.15, 0.2) is 0 Å². The van der Waals surface area contributed by atoms with E-state index in [1.54, 1.807) is 7.11 Å². The van der Waals surface area contributed by atoms with Gasteiger partial charge in [-0.15, -0.1) is 0 Å². The summed E-state index contributed by atoms with van der Waals surface area (Å²) in [6.07, 6.45) is 2.13. The van der Waals surface area contributed by atoms with E-state index in [4.69, 9.17) is 9.72 Å². The van der Waals surface area contributed by atoms with Crippen molar-refractivity contribution in [1.82, 2.24) is 9.55 Å². The van der Waals surface area contributed by atoms with E-state index in [0.717, 1.165) is 23.5 Å². The van der Waals surface area contributed by atoms with Crippen molar-refractivity contribution in [3.8, 4) is 17.0 Å². The van der Waals surface area contributed by atoms with Crippen molar-refractivity contribution in [2.24, 2.45) is 0 Å². The summed E-state index contributed by atoms with van der Waals surface area (Å²) in [6.45, 7) is 5.23. The van der Waals surface area contributed by atoms with Crippen LogP contribution < -0.4 is 4.74 Å². The van der Waals surface area contributed by atoms with Crippen molar-refractivity contribution < 1.29 is 4.74 Å². The highest BCUT2D eigenvalue weighted by molar-refractivity contribution is 5.98. The summed E-state index contributed by atoms with van der Waals surface area (Å²) >= 11 is 0. The molecule has 0 unspecified atom stereocenters. The molecule has 0 bridgehead atoms. The van der Waals surface area contributed by atoms with Gasteiger partial charge in [0.1, 0.15) is 5.75 Å². The molecule has 2 aliphatic heterocycles. The minimum absolute atomic E-state index is 0.853. The molecule has 3 nitrogen and oxygen atoms in total. The van der Waals surface area contributed by atoms with Crippen LogP contribution in [0.25, 0.3) is 22.2 Å². The van der Waals surface area contributed by atoms with E-state index in [0.29, 0.717) is 0 Å². The predicted molar refractivity (Wildman–Crippen MR) is 73.3 cm³/mol. The van der Waals surface area contributed by atoms with Crippen molar-refractivity contribution in [3.05, 3.63) is 36.2 Å². The van der Waals surface area contributed by atoms with Crippen molar-refractivity contribution in [1.29, 1.82) is 0 Å². The molecule has 0 saturated heterocycles. The fourth-order valence-corrected chi connectivity index (χ4v) is 2.47. The summed E-state index contributed by atoms with van der Waals surface area (Å²) in [4.78, 5) is 4.73. The Morgan fingerprint density at radius 2 is 2.11 bits per heavy atom. The van der Waals surface area contributed by atoms with Crippen molar-refractivity contribution in [3.63, 3.8) is 0 Å². The van der Waals surface area contributed by atoms with Crippen LogP contribution in [-0.4, -0.2) is 16.7 Å². The maximum absolute atomic E-state index is 5.25. The number of aromatic nitrogens is 2. The summed E-state index contributed by atoms with van der Waals surface area (Å²) in [5, 5.41) is 1.19. The molecule has 0 fully saturated rings. The van der Waals surface area contributed by atoms with Gasteiger partial charge in [-0.2, -0.15) is 0 Å². The molecule has 18 heavy (non-hydrogen) atoms. The lowest BCUT2D eigenvalue weighted by Crippen LogP contribution is -2.02. The number of nitrogens with zero attached hydrogens (tertiary/aromatic N) is 2. The maximum atomic E-state index is 5.25. The van der Waals surface area contributed by atoms with Crippen LogP contribution >= 0.6 is 0 Å². The van der Waals surface area contributed by atoms with E-state index >= 15 is 0 Å². The third kappa shape index (κ3) is 1.47. The highest BCUT2D eigenvalue weighted by Crippen LogP contribution is 2.34. The second-order valence-corrected chi connectivity index (χ2v) is 4.44. The molecule has 0 radical (unpaired) electrons. The molecule has 0 amide bonds. The van der Waals surface area contributed by atoms with E-state index in [1.165, 1.54) is 16.6 Å². The lowest BCUT2D eigenvalue weighted by molar-refractivity contribution is 0.415. The standard InChI is InChI=1S/C15H16N2O/c1-4-17-8-7-13-12-6-5-11(18-3)9-14(12)16-15(13)10(17)2/h5-9H,4H2,1-3H3. The predicted octanol–water partition coefficient (Wildman–Crippen LogP) is 3.48. The molecule has 0 atom stereocenters. The van der Waals surface area contributed by atoms with Gasteiger partial charge in [0, 0.05) is 35.5 Å². The number of hydrogen-bond acceptors (Lipinski definition) is 2. The van der Waals surface area contributed by atoms with Crippen LogP contribution in [0.1, 0.15) is 12.6 Å². The second-order valence-electron chi connectivity index (χ2n) is 4.44. The number of hydrogen-bond donors (Lipinski definition) is 0. The van der Waals surface area contributed by atoms with Gasteiger partial charge in [0.05, 0.1) is 18.3 Å². The van der Waals surface area contributed by atoms with E-state index in [1.807, 2.05) is 12.1 Å². The number of ether oxygens (including phenoxy) is 1. The molecular formula is C15H16N2O. The first-order valence-corrected chi connectivity index (χ1v) is 6.17. The zero-order valence-electron chi connectivity index (χ0n) is 10.9. The summed E-state index contributed by atoms with van der Waals surface area (Å²) in [6, 6.07) is 8.21. The highest BCUT2D eigenvalue weighted by Gasteiger charge is 2.15. The zero-order chi connectivity index (χ0) is 12.7. The normalized spacial score (nSPS) is 11.3. The van der Waals surface area contributed by atoms with Crippen LogP contribution in [0.3, 0.4) is 0 Å². The van der Waals surface area contributed by atoms with Gasteiger partial charge < -0.3 is 9.30 Å². The third-order valence-corrected chi connectivity index (χ3v) is 3.52. The van der Waals surface area contributed by atoms with E-state index < -0.39 is 0 Å². The Balaban J connectivity index is 2.34. The second kappa shape index (κ2) is 4.02. The Kier molecular flexibility index (Phi) is 2.47. The number of pyridine rings is 1. The van der Waals surface area contributed by atoms with Crippen molar-refractivity contribution in [2.45, 2.75) is 20.4 Å². The van der Waals surface area contributed by atoms with Crippen LogP contribution in [0.5, 0.6) is 5.75 Å². The molecule has 2 heterocycles. The summed E-state index contributed by atoms with van der Waals surface area (Å²) in [5.74, 6) is 0.853. The monoisotopic (exact) mass is 240 g/mol. The molecule has 0 spiro atoms. The van der Waals surface area contributed by atoms with Crippen molar-refractivity contribution in [2.75, 3.05) is 7.11 Å². The van der Waals surface area contributed by atoms with Crippen molar-refractivity contribution >= 4 is 10.9 Å². The van der Waals surface area contributed by atoms with E-state index in [-0.39, 0.29) is 0 Å². The largest absolute Gasteiger partial charge is 0.497 e. The lowest BCUT2D eigenvalue weighted by atomic mass is 10.1. The Morgan fingerprint density at radius 3 is 2.83 bits per heavy atom. The first kappa shape index (κ1) is 11.1. The molecular weight excluding hydrogens is 224 g/mol. The maximum Gasteiger partial charge on any atom is 0.121 e. The van der Waals surface area contributed by atoms with Crippen LogP contribution in [0.2, 0.25) is 0 Å². The lowest BCUT2D eigenvalue weighted by Gasteiger charge is -2.11. The van der Waals surface area contributed by atoms with Crippen LogP contribution in [0.4, 0.5) is 0 Å². The number of benzene rings is 1. The van der Waals surface area contributed by atoms with Gasteiger partial charge in [0.25, 0.3) is 0 Å². The quantitative estimate of drug-likeness (QED) is 0.685. The molecule has 0 aliphatic carbocycles. The Labute approximate surface area is 106 Å². The highest BCUT2D eigenvalue weighted by atomic mass is 16.5. The van der Waals surface area contributed by atoms with Crippen LogP contribution in [0, 0.1) is 6.92 Å². The summed E-state index contributed by atoms with van der Waals surface area (Å²) < 4.78 is 7.46. The van der Waals surface area contributed by atoms with Gasteiger partial charge in [-0.25, -0.2) is 4.98 Å². The van der Waals surface area contributed by atoms with Gasteiger partial charge in [-0.05, 0) is 32.0 Å². The van der Waals surface area contributed by atoms with Gasteiger partial charge in [-0.3, -0.25) is 0 Å². The number of methoxy groups -OCH3 is 1. The topological polar surface area (TPSA) is 27.1 Å². The smallest absolute Gasteiger partial charge is 0.121 e. The first-order valence-electron chi connectivity index (χ1n) is 6.17. The van der Waals surface area contributed by atoms with Gasteiger partial charge in [0.2, 0.25) is 0 Å². The Bertz CT molecular complexity index is 685. The third-order valence-electron chi connectivity index (χ3n) is 3.52. The minimum atomic E-state index is 0.853. The Morgan fingerprint density at radius 1 is 1.28 bits per heavy atom. The average molecular weight is 240 g/mol. The summed E-state index contributed by atoms with van der Waals surface area (Å²) in [7, 11) is 1.68. The molecule has 1 aromatic rings. The van der Waals surface area contributed by atoms with Crippen LogP contribution in [-0.2, 0) is 6.54 Å². The fraction of sp³-hybridized carbons (Fsp3) is 0.267. The molecule has 1 aromatic carbocycles. The fourth-order valence-electron chi connectivity index (χ4n) is 2.47. The first-order chi connectivity index (χ1) is 8.74. The minimum Gasteiger partial charge on any atom is -0.497 e. The molecule has 0 aromatic heterocycles.